The van der Waals surface area contributed by atoms with Crippen LogP contribution in [-0.4, -0.2) is 133 Å². The number of pyridine rings is 1. The van der Waals surface area contributed by atoms with Gasteiger partial charge < -0.3 is 19.7 Å². The summed E-state index contributed by atoms with van der Waals surface area (Å²) in [6, 6.07) is 21.9. The normalized spacial score (nSPS) is 19.7. The number of hydrogen-bond acceptors (Lipinski definition) is 11. The molecule has 2 aromatic carbocycles. The minimum absolute atomic E-state index is 0.128. The van der Waals surface area contributed by atoms with Crippen LogP contribution < -0.4 is 15.5 Å². The lowest BCUT2D eigenvalue weighted by Crippen LogP contribution is -2.52. The molecule has 6 aromatic rings. The summed E-state index contributed by atoms with van der Waals surface area (Å²) in [6.07, 6.45) is 8.39. The average molecular weight is 863 g/mol. The van der Waals surface area contributed by atoms with Crippen molar-refractivity contribution in [3.8, 4) is 11.1 Å². The van der Waals surface area contributed by atoms with E-state index in [1.807, 2.05) is 29.4 Å². The number of aromatic nitrogens is 6. The lowest BCUT2D eigenvalue weighted by Gasteiger charge is -2.39. The first-order chi connectivity index (χ1) is 31.2. The maximum absolute atomic E-state index is 13.6. The van der Waals surface area contributed by atoms with Crippen LogP contribution in [0.4, 0.5) is 5.82 Å². The van der Waals surface area contributed by atoms with Crippen LogP contribution in [-0.2, 0) is 23.2 Å². The second-order valence-electron chi connectivity index (χ2n) is 17.9. The summed E-state index contributed by atoms with van der Waals surface area (Å²) >= 11 is 0. The molecule has 0 bridgehead atoms. The number of nitrogens with one attached hydrogen (secondary N) is 3. The lowest BCUT2D eigenvalue weighted by molar-refractivity contribution is -0.134. The summed E-state index contributed by atoms with van der Waals surface area (Å²) in [6.45, 7) is 8.91. The second-order valence-corrected chi connectivity index (χ2v) is 17.9. The van der Waals surface area contributed by atoms with Crippen molar-refractivity contribution < 1.29 is 19.2 Å². The Morgan fingerprint density at radius 3 is 2.36 bits per heavy atom. The van der Waals surface area contributed by atoms with Gasteiger partial charge >= 0.3 is 0 Å². The topological polar surface area (TPSA) is 178 Å². The number of likely N-dealkylation sites (tertiary alicyclic amines) is 2. The van der Waals surface area contributed by atoms with E-state index in [0.29, 0.717) is 17.7 Å². The van der Waals surface area contributed by atoms with Gasteiger partial charge in [-0.3, -0.25) is 39.4 Å². The van der Waals surface area contributed by atoms with Crippen molar-refractivity contribution in [2.24, 2.45) is 13.0 Å². The smallest absolute Gasteiger partial charge is 0.272 e. The minimum atomic E-state index is -0.759. The Balaban J connectivity index is 0.654. The van der Waals surface area contributed by atoms with E-state index in [1.165, 1.54) is 22.2 Å². The van der Waals surface area contributed by atoms with E-state index >= 15 is 0 Å². The maximum atomic E-state index is 13.6. The van der Waals surface area contributed by atoms with Crippen LogP contribution in [0.1, 0.15) is 76.5 Å². The predicted octanol–water partition coefficient (Wildman–Crippen LogP) is 4.50. The van der Waals surface area contributed by atoms with E-state index in [4.69, 9.17) is 4.98 Å². The van der Waals surface area contributed by atoms with Crippen molar-refractivity contribution in [3.63, 3.8) is 0 Å². The highest BCUT2D eigenvalue weighted by Crippen LogP contribution is 2.33. The SMILES string of the molecule is Cn1c(CN2CCC(c3ccc(C(=O)N4CCC(CN5CCN(c6ccc(C(=O)NC7CCC(=O)NC7=O)nn6)CC5)CC4)cc3)CC2)cc2c(-c3ccc4[nH]ncc4c3)ccnc21. The van der Waals surface area contributed by atoms with Gasteiger partial charge in [-0.2, -0.15) is 5.10 Å². The van der Waals surface area contributed by atoms with Gasteiger partial charge in [-0.05, 0) is 122 Å². The van der Waals surface area contributed by atoms with Gasteiger partial charge in [0.05, 0.1) is 11.7 Å². The van der Waals surface area contributed by atoms with Gasteiger partial charge in [-0.25, -0.2) is 4.98 Å². The first-order valence-electron chi connectivity index (χ1n) is 22.7. The molecular weight excluding hydrogens is 809 g/mol. The molecule has 1 atom stereocenters. The molecule has 3 N–H and O–H groups in total. The number of aromatic amines is 1. The monoisotopic (exact) mass is 862 g/mol. The summed E-state index contributed by atoms with van der Waals surface area (Å²) in [7, 11) is 2.12. The summed E-state index contributed by atoms with van der Waals surface area (Å²) in [4.78, 5) is 63.7. The lowest BCUT2D eigenvalue weighted by atomic mass is 9.88. The van der Waals surface area contributed by atoms with Gasteiger partial charge in [0.1, 0.15) is 11.7 Å². The number of piperazine rings is 1. The Labute approximate surface area is 371 Å². The van der Waals surface area contributed by atoms with Gasteiger partial charge in [0, 0.05) is 94.1 Å². The summed E-state index contributed by atoms with van der Waals surface area (Å²) in [5.74, 6) is 0.546. The Bertz CT molecular complexity index is 2670. The third-order valence-electron chi connectivity index (χ3n) is 13.9. The zero-order valence-corrected chi connectivity index (χ0v) is 36.2. The van der Waals surface area contributed by atoms with E-state index < -0.39 is 17.9 Å². The van der Waals surface area contributed by atoms with Crippen LogP contribution in [0.2, 0.25) is 0 Å². The number of benzene rings is 2. The highest BCUT2D eigenvalue weighted by molar-refractivity contribution is 6.03. The number of H-pyrrole nitrogens is 1. The summed E-state index contributed by atoms with van der Waals surface area (Å²) < 4.78 is 2.24. The molecule has 4 amide bonds. The number of fused-ring (bicyclic) bond motifs is 2. The van der Waals surface area contributed by atoms with E-state index in [0.717, 1.165) is 119 Å². The van der Waals surface area contributed by atoms with Gasteiger partial charge in [-0.15, -0.1) is 10.2 Å². The van der Waals surface area contributed by atoms with Crippen molar-refractivity contribution >= 4 is 51.4 Å². The van der Waals surface area contributed by atoms with E-state index in [2.05, 4.69) is 99.8 Å². The molecule has 16 nitrogen and oxygen atoms in total. The maximum Gasteiger partial charge on any atom is 0.272 e. The van der Waals surface area contributed by atoms with Gasteiger partial charge in [-0.1, -0.05) is 18.2 Å². The molecule has 330 valence electrons. The molecule has 0 spiro atoms. The molecule has 8 heterocycles. The number of hydrogen-bond donors (Lipinski definition) is 3. The van der Waals surface area contributed by atoms with Gasteiger partial charge in [0.25, 0.3) is 11.8 Å². The van der Waals surface area contributed by atoms with Gasteiger partial charge in [0.15, 0.2) is 11.5 Å². The number of imide groups is 1. The van der Waals surface area contributed by atoms with Gasteiger partial charge in [0.2, 0.25) is 11.8 Å². The van der Waals surface area contributed by atoms with Crippen LogP contribution in [0.5, 0.6) is 0 Å². The fraction of sp³-hybridized carbons (Fsp3) is 0.417. The predicted molar refractivity (Wildman–Crippen MR) is 242 cm³/mol. The number of piperidine rings is 3. The van der Waals surface area contributed by atoms with Crippen molar-refractivity contribution in [1.29, 1.82) is 0 Å². The van der Waals surface area contributed by atoms with Crippen LogP contribution in [0, 0.1) is 5.92 Å². The molecule has 4 saturated heterocycles. The number of nitrogens with zero attached hydrogens (tertiary/aromatic N) is 9. The molecule has 10 rings (SSSR count). The highest BCUT2D eigenvalue weighted by atomic mass is 16.2. The molecule has 0 radical (unpaired) electrons. The zero-order chi connectivity index (χ0) is 43.7. The number of anilines is 1. The third-order valence-corrected chi connectivity index (χ3v) is 13.9. The number of carbonyl (C=O) groups is 4. The Morgan fingerprint density at radius 2 is 1.61 bits per heavy atom. The van der Waals surface area contributed by atoms with Crippen molar-refractivity contribution in [2.75, 3.05) is 63.8 Å². The summed E-state index contributed by atoms with van der Waals surface area (Å²) in [5, 5.41) is 22.8. The van der Waals surface area contributed by atoms with E-state index in [1.54, 1.807) is 12.1 Å². The van der Waals surface area contributed by atoms with Crippen molar-refractivity contribution in [1.82, 2.24) is 55.3 Å². The fourth-order valence-electron chi connectivity index (χ4n) is 10.0. The molecular formula is C48H54N12O4. The Hall–Kier alpha value is -6.52. The van der Waals surface area contributed by atoms with Crippen molar-refractivity contribution in [3.05, 3.63) is 102 Å². The number of rotatable bonds is 10. The quantitative estimate of drug-likeness (QED) is 0.165. The Kier molecular flexibility index (Phi) is 11.6. The summed E-state index contributed by atoms with van der Waals surface area (Å²) in [5.41, 5.74) is 7.86. The standard InChI is InChI=1S/C48H54N12O4/c1-56-37(27-39-38(12-17-49-45(39)56)35-6-7-40-36(26-35)28-50-53-40)30-57-18-15-33(16-19-57)32-2-4-34(5-3-32)48(64)60-20-13-31(14-21-60)29-58-22-24-59(25-23-58)43-10-8-42(54-55-43)47(63)51-41-9-11-44(61)52-46(41)62/h2-8,10,12,17,26-28,31,33,41H,9,11,13-16,18-25,29-30H2,1H3,(H,50,53)(H,51,63)(H,52,61,62). The van der Waals surface area contributed by atoms with Crippen molar-refractivity contribution in [2.45, 2.75) is 57.0 Å². The number of amides is 4. The molecule has 0 aliphatic carbocycles. The molecule has 16 heteroatoms. The molecule has 1 unspecified atom stereocenters. The zero-order valence-electron chi connectivity index (χ0n) is 36.2. The van der Waals surface area contributed by atoms with E-state index in [9.17, 15) is 19.2 Å². The fourth-order valence-corrected chi connectivity index (χ4v) is 10.0. The van der Waals surface area contributed by atoms with Crippen LogP contribution in [0.15, 0.2) is 79.1 Å². The molecule has 4 aromatic heterocycles. The largest absolute Gasteiger partial charge is 0.353 e. The second kappa shape index (κ2) is 17.9. The molecule has 4 fully saturated rings. The average Bonchev–Trinajstić information content (AvgIpc) is 3.94. The first kappa shape index (κ1) is 41.5. The molecule has 0 saturated carbocycles. The third kappa shape index (κ3) is 8.71. The Morgan fingerprint density at radius 1 is 0.812 bits per heavy atom. The van der Waals surface area contributed by atoms with Crippen LogP contribution >= 0.6 is 0 Å². The highest BCUT2D eigenvalue weighted by Gasteiger charge is 2.30. The molecule has 4 aliphatic heterocycles. The first-order valence-corrected chi connectivity index (χ1v) is 22.7. The van der Waals surface area contributed by atoms with Crippen LogP contribution in [0.3, 0.4) is 0 Å². The van der Waals surface area contributed by atoms with E-state index in [-0.39, 0.29) is 30.3 Å². The van der Waals surface area contributed by atoms with Crippen LogP contribution in [0.25, 0.3) is 33.1 Å². The minimum Gasteiger partial charge on any atom is -0.353 e. The molecule has 4 aliphatic rings. The molecule has 64 heavy (non-hydrogen) atoms. The number of aryl methyl sites for hydroxylation is 1. The number of carbonyl (C=O) groups excluding carboxylic acids is 4.